The summed E-state index contributed by atoms with van der Waals surface area (Å²) >= 11 is 0. The average Bonchev–Trinajstić information content (AvgIpc) is 2.45. The molecule has 0 radical (unpaired) electrons. The Labute approximate surface area is 134 Å². The fourth-order valence-electron chi connectivity index (χ4n) is 2.31. The van der Waals surface area contributed by atoms with E-state index in [9.17, 15) is 9.59 Å². The maximum Gasteiger partial charge on any atom is 0.341 e. The van der Waals surface area contributed by atoms with Crippen molar-refractivity contribution in [2.24, 2.45) is 0 Å². The number of hydrogen-bond acceptors (Lipinski definition) is 3. The Balaban J connectivity index is 2.44. The highest BCUT2D eigenvalue weighted by atomic mass is 16.5. The zero-order chi connectivity index (χ0) is 17.2. The van der Waals surface area contributed by atoms with Crippen molar-refractivity contribution in [1.82, 2.24) is 4.98 Å². The first-order chi connectivity index (χ1) is 10.7. The molecular weight excluding hydrogens is 294 g/mol. The van der Waals surface area contributed by atoms with E-state index in [1.165, 1.54) is 6.07 Å². The van der Waals surface area contributed by atoms with Crippen LogP contribution in [-0.4, -0.2) is 21.7 Å². The number of nitrogens with one attached hydrogen (secondary N) is 1. The van der Waals surface area contributed by atoms with Gasteiger partial charge in [-0.1, -0.05) is 6.92 Å². The van der Waals surface area contributed by atoms with Crippen molar-refractivity contribution in [3.63, 3.8) is 0 Å². The molecule has 1 heterocycles. The number of hydrogen-bond donors (Lipinski definition) is 2. The van der Waals surface area contributed by atoms with E-state index in [1.54, 1.807) is 0 Å². The van der Waals surface area contributed by atoms with Gasteiger partial charge in [-0.25, -0.2) is 4.79 Å². The van der Waals surface area contributed by atoms with Crippen molar-refractivity contribution in [2.45, 2.75) is 39.7 Å². The molecule has 0 bridgehead atoms. The molecular formula is C18H21NO4. The number of aromatic carboxylic acids is 1. The molecule has 0 fully saturated rings. The number of benzene rings is 1. The number of aromatic nitrogens is 1. The summed E-state index contributed by atoms with van der Waals surface area (Å²) in [6.07, 6.45) is 0.618. The zero-order valence-corrected chi connectivity index (χ0v) is 13.8. The summed E-state index contributed by atoms with van der Waals surface area (Å²) in [4.78, 5) is 25.7. The van der Waals surface area contributed by atoms with E-state index in [1.807, 2.05) is 52.0 Å². The number of H-pyrrole nitrogens is 1. The number of carboxylic acids is 1. The van der Waals surface area contributed by atoms with Crippen LogP contribution in [0.2, 0.25) is 0 Å². The molecule has 0 saturated carbocycles. The molecule has 0 spiro atoms. The fraction of sp³-hybridized carbons (Fsp3) is 0.333. The molecule has 2 rings (SSSR count). The van der Waals surface area contributed by atoms with Crippen LogP contribution in [0.4, 0.5) is 0 Å². The SMILES string of the molecule is CCc1cc(C(=O)O)c(=O)[nH]c1-c1ccc(OC(C)(C)C)cc1. The molecule has 2 N–H and O–H groups in total. The van der Waals surface area contributed by atoms with Crippen LogP contribution in [0, 0.1) is 0 Å². The van der Waals surface area contributed by atoms with Crippen LogP contribution in [0.25, 0.3) is 11.3 Å². The van der Waals surface area contributed by atoms with Gasteiger partial charge >= 0.3 is 5.97 Å². The zero-order valence-electron chi connectivity index (χ0n) is 13.8. The Morgan fingerprint density at radius 2 is 1.83 bits per heavy atom. The Kier molecular flexibility index (Phi) is 4.59. The number of aryl methyl sites for hydroxylation is 1. The maximum absolute atomic E-state index is 11.9. The van der Waals surface area contributed by atoms with Crippen LogP contribution >= 0.6 is 0 Å². The third-order valence-corrected chi connectivity index (χ3v) is 3.30. The molecule has 0 aliphatic heterocycles. The number of aromatic amines is 1. The first-order valence-corrected chi connectivity index (χ1v) is 7.50. The minimum atomic E-state index is -1.22. The van der Waals surface area contributed by atoms with Crippen LogP contribution < -0.4 is 10.3 Å². The summed E-state index contributed by atoms with van der Waals surface area (Å²) < 4.78 is 5.77. The highest BCUT2D eigenvalue weighted by Crippen LogP contribution is 2.25. The standard InChI is InChI=1S/C18H21NO4/c1-5-11-10-14(17(21)22)16(20)19-15(11)12-6-8-13(9-7-12)23-18(2,3)4/h6-10H,5H2,1-4H3,(H,19,20)(H,21,22). The first kappa shape index (κ1) is 16.8. The minimum Gasteiger partial charge on any atom is -0.488 e. The van der Waals surface area contributed by atoms with E-state index in [0.717, 1.165) is 16.9 Å². The lowest BCUT2D eigenvalue weighted by Crippen LogP contribution is -2.22. The number of pyridine rings is 1. The van der Waals surface area contributed by atoms with Gasteiger partial charge in [-0.05, 0) is 68.7 Å². The Morgan fingerprint density at radius 1 is 1.22 bits per heavy atom. The second-order valence-electron chi connectivity index (χ2n) is 6.31. The predicted octanol–water partition coefficient (Wildman–Crippen LogP) is 3.48. The monoisotopic (exact) mass is 315 g/mol. The molecule has 1 aromatic carbocycles. The van der Waals surface area contributed by atoms with E-state index in [4.69, 9.17) is 9.84 Å². The molecule has 2 aromatic rings. The van der Waals surface area contributed by atoms with Crippen molar-refractivity contribution in [3.8, 4) is 17.0 Å². The minimum absolute atomic E-state index is 0.238. The highest BCUT2D eigenvalue weighted by molar-refractivity contribution is 5.88. The number of carboxylic acid groups (broad SMARTS) is 1. The summed E-state index contributed by atoms with van der Waals surface area (Å²) in [5, 5.41) is 9.06. The normalized spacial score (nSPS) is 11.3. The third kappa shape index (κ3) is 4.00. The molecule has 0 aliphatic carbocycles. The topological polar surface area (TPSA) is 79.4 Å². The molecule has 5 nitrogen and oxygen atoms in total. The lowest BCUT2D eigenvalue weighted by atomic mass is 10.0. The molecule has 0 atom stereocenters. The van der Waals surface area contributed by atoms with E-state index in [0.29, 0.717) is 12.1 Å². The fourth-order valence-corrected chi connectivity index (χ4v) is 2.31. The van der Waals surface area contributed by atoms with Gasteiger partial charge in [-0.3, -0.25) is 4.79 Å². The molecule has 23 heavy (non-hydrogen) atoms. The van der Waals surface area contributed by atoms with Crippen LogP contribution in [0.3, 0.4) is 0 Å². The van der Waals surface area contributed by atoms with Gasteiger partial charge in [0.25, 0.3) is 5.56 Å². The molecule has 0 amide bonds. The average molecular weight is 315 g/mol. The van der Waals surface area contributed by atoms with Gasteiger partial charge < -0.3 is 14.8 Å². The van der Waals surface area contributed by atoms with Crippen molar-refractivity contribution in [1.29, 1.82) is 0 Å². The van der Waals surface area contributed by atoms with Crippen molar-refractivity contribution in [3.05, 3.63) is 51.8 Å². The first-order valence-electron chi connectivity index (χ1n) is 7.50. The molecule has 1 aromatic heterocycles. The van der Waals surface area contributed by atoms with Crippen LogP contribution in [0.15, 0.2) is 35.1 Å². The Hall–Kier alpha value is -2.56. The largest absolute Gasteiger partial charge is 0.488 e. The van der Waals surface area contributed by atoms with E-state index in [-0.39, 0.29) is 11.2 Å². The quantitative estimate of drug-likeness (QED) is 0.905. The summed E-state index contributed by atoms with van der Waals surface area (Å²) in [7, 11) is 0. The molecule has 0 saturated heterocycles. The van der Waals surface area contributed by atoms with Gasteiger partial charge in [0.15, 0.2) is 0 Å². The third-order valence-electron chi connectivity index (χ3n) is 3.30. The van der Waals surface area contributed by atoms with Gasteiger partial charge in [0.2, 0.25) is 0 Å². The van der Waals surface area contributed by atoms with Gasteiger partial charge in [0, 0.05) is 0 Å². The smallest absolute Gasteiger partial charge is 0.341 e. The Bertz CT molecular complexity index is 767. The van der Waals surface area contributed by atoms with Crippen LogP contribution in [0.5, 0.6) is 5.75 Å². The summed E-state index contributed by atoms with van der Waals surface area (Å²) in [6, 6.07) is 8.82. The Morgan fingerprint density at radius 3 is 2.30 bits per heavy atom. The van der Waals surface area contributed by atoms with Gasteiger partial charge in [0.05, 0.1) is 5.69 Å². The molecule has 0 aliphatic rings. The van der Waals surface area contributed by atoms with Crippen LogP contribution in [-0.2, 0) is 6.42 Å². The number of rotatable bonds is 4. The molecule has 5 heteroatoms. The molecule has 122 valence electrons. The van der Waals surface area contributed by atoms with Gasteiger partial charge in [-0.2, -0.15) is 0 Å². The summed E-state index contributed by atoms with van der Waals surface area (Å²) in [6.45, 7) is 7.83. The number of carbonyl (C=O) groups is 1. The second-order valence-corrected chi connectivity index (χ2v) is 6.31. The van der Waals surface area contributed by atoms with E-state index >= 15 is 0 Å². The molecule has 0 unspecified atom stereocenters. The van der Waals surface area contributed by atoms with Crippen LogP contribution in [0.1, 0.15) is 43.6 Å². The number of ether oxygens (including phenoxy) is 1. The van der Waals surface area contributed by atoms with E-state index in [2.05, 4.69) is 4.98 Å². The van der Waals surface area contributed by atoms with Gasteiger partial charge in [0.1, 0.15) is 16.9 Å². The van der Waals surface area contributed by atoms with E-state index < -0.39 is 11.5 Å². The predicted molar refractivity (Wildman–Crippen MR) is 89.2 cm³/mol. The maximum atomic E-state index is 11.9. The van der Waals surface area contributed by atoms with Crippen molar-refractivity contribution in [2.75, 3.05) is 0 Å². The van der Waals surface area contributed by atoms with Gasteiger partial charge in [-0.15, -0.1) is 0 Å². The van der Waals surface area contributed by atoms with Crippen molar-refractivity contribution < 1.29 is 14.6 Å². The van der Waals surface area contributed by atoms with Crippen molar-refractivity contribution >= 4 is 5.97 Å². The lowest BCUT2D eigenvalue weighted by Gasteiger charge is -2.21. The highest BCUT2D eigenvalue weighted by Gasteiger charge is 2.15. The summed E-state index contributed by atoms with van der Waals surface area (Å²) in [5.41, 5.74) is 1.12. The summed E-state index contributed by atoms with van der Waals surface area (Å²) in [5.74, 6) is -0.481. The lowest BCUT2D eigenvalue weighted by molar-refractivity contribution is 0.0695. The second kappa shape index (κ2) is 6.28.